The largest absolute Gasteiger partial charge is 1.00 e. The van der Waals surface area contributed by atoms with E-state index >= 15 is 0 Å². The minimum atomic E-state index is -0.787. The summed E-state index contributed by atoms with van der Waals surface area (Å²) in [6, 6.07) is 6.24. The Morgan fingerprint density at radius 1 is 1.11 bits per heavy atom. The van der Waals surface area contributed by atoms with Gasteiger partial charge in [0.2, 0.25) is 0 Å². The van der Waals surface area contributed by atoms with Crippen LogP contribution < -0.4 is 34.7 Å². The molecule has 0 bridgehead atoms. The molecule has 0 aliphatic heterocycles. The van der Waals surface area contributed by atoms with Crippen LogP contribution in [0.15, 0.2) is 46.2 Å². The van der Waals surface area contributed by atoms with E-state index in [-0.39, 0.29) is 57.2 Å². The topological polar surface area (TPSA) is 57.2 Å². The van der Waals surface area contributed by atoms with Gasteiger partial charge >= 0.3 is 29.6 Å². The van der Waals surface area contributed by atoms with Crippen molar-refractivity contribution >= 4 is 34.8 Å². The number of hydrogen-bond acceptors (Lipinski definition) is 3. The van der Waals surface area contributed by atoms with Gasteiger partial charge < -0.3 is 5.11 Å². The van der Waals surface area contributed by atoms with Gasteiger partial charge in [0.05, 0.1) is 0 Å². The van der Waals surface area contributed by atoms with E-state index < -0.39 is 17.3 Å². The quantitative estimate of drug-likeness (QED) is 0.685. The third-order valence-corrected chi connectivity index (χ3v) is 2.94. The van der Waals surface area contributed by atoms with Crippen LogP contribution in [0.2, 0.25) is 0 Å². The molecule has 92 valence electrons. The summed E-state index contributed by atoms with van der Waals surface area (Å²) in [4.78, 5) is 23.9. The number of carbonyl (C=O) groups is 2. The number of Topliss-reactive ketones (excluding diaryl/α,β-unsaturated/α-hetero) is 2. The predicted octanol–water partition coefficient (Wildman–Crippen LogP) is -0.607. The second-order valence-electron chi connectivity index (χ2n) is 3.71. The number of rotatable bonds is 2. The molecule has 1 aromatic rings. The van der Waals surface area contributed by atoms with E-state index in [9.17, 15) is 14.7 Å². The number of benzene rings is 1. The molecule has 6 heteroatoms. The van der Waals surface area contributed by atoms with Crippen LogP contribution in [0.1, 0.15) is 27.1 Å². The molecule has 2 rings (SSSR count). The SMILES string of the molecule is O=C1C([O-])=C(CC=C(Cl)Cl)C(=O)c2ccccc21.[Na+]. The Balaban J connectivity index is 0.00000180. The molecule has 19 heavy (non-hydrogen) atoms. The Kier molecular flexibility index (Phi) is 5.83. The Bertz CT molecular complexity index is 602. The molecule has 0 unspecified atom stereocenters. The fourth-order valence-corrected chi connectivity index (χ4v) is 1.92. The molecule has 1 aliphatic rings. The smallest absolute Gasteiger partial charge is 0.870 e. The number of allylic oxidation sites excluding steroid dienone is 3. The van der Waals surface area contributed by atoms with E-state index in [1.165, 1.54) is 18.2 Å². The molecule has 3 nitrogen and oxygen atoms in total. The summed E-state index contributed by atoms with van der Waals surface area (Å²) in [7, 11) is 0. The van der Waals surface area contributed by atoms with Gasteiger partial charge in [-0.15, -0.1) is 0 Å². The van der Waals surface area contributed by atoms with Crippen molar-refractivity contribution in [2.24, 2.45) is 0 Å². The van der Waals surface area contributed by atoms with Gasteiger partial charge in [-0.25, -0.2) is 0 Å². The fourth-order valence-electron chi connectivity index (χ4n) is 1.77. The van der Waals surface area contributed by atoms with Crippen molar-refractivity contribution < 1.29 is 44.3 Å². The minimum absolute atomic E-state index is 0. The van der Waals surface area contributed by atoms with Crippen molar-refractivity contribution in [2.75, 3.05) is 0 Å². The van der Waals surface area contributed by atoms with Crippen LogP contribution in [0.3, 0.4) is 0 Å². The van der Waals surface area contributed by atoms with E-state index in [1.807, 2.05) is 0 Å². The summed E-state index contributed by atoms with van der Waals surface area (Å²) in [5.41, 5.74) is 0.297. The first kappa shape index (κ1) is 16.5. The third-order valence-electron chi connectivity index (χ3n) is 2.63. The first-order chi connectivity index (χ1) is 8.52. The monoisotopic (exact) mass is 304 g/mol. The molecule has 0 aromatic heterocycles. The van der Waals surface area contributed by atoms with Crippen LogP contribution in [0.5, 0.6) is 0 Å². The van der Waals surface area contributed by atoms with Gasteiger partial charge in [-0.1, -0.05) is 53.2 Å². The molecule has 1 aromatic carbocycles. The number of carbonyl (C=O) groups excluding carboxylic acids is 2. The molecule has 0 spiro atoms. The van der Waals surface area contributed by atoms with Crippen molar-refractivity contribution in [3.8, 4) is 0 Å². The number of ketones is 2. The van der Waals surface area contributed by atoms with Gasteiger partial charge in [-0.3, -0.25) is 9.59 Å². The Hall–Kier alpha value is -0.580. The summed E-state index contributed by atoms with van der Waals surface area (Å²) in [6.07, 6.45) is 1.27. The Morgan fingerprint density at radius 3 is 2.16 bits per heavy atom. The van der Waals surface area contributed by atoms with Gasteiger partial charge in [0, 0.05) is 11.1 Å². The normalized spacial score (nSPS) is 13.8. The Labute approximate surface area is 142 Å². The van der Waals surface area contributed by atoms with Crippen LogP contribution in [0.25, 0.3) is 0 Å². The van der Waals surface area contributed by atoms with E-state index in [0.29, 0.717) is 0 Å². The maximum absolute atomic E-state index is 12.1. The zero-order valence-electron chi connectivity index (χ0n) is 10.1. The summed E-state index contributed by atoms with van der Waals surface area (Å²) in [5.74, 6) is -1.90. The molecule has 0 amide bonds. The standard InChI is InChI=1S/C13H8Cl2O3.Na/c14-10(15)6-5-9-11(16)7-3-1-2-4-8(7)12(17)13(9)18;/h1-4,6,18H,5H2;/q;+1/p-1. The van der Waals surface area contributed by atoms with Crippen molar-refractivity contribution in [3.05, 3.63) is 57.3 Å². The Morgan fingerprint density at radius 2 is 1.63 bits per heavy atom. The molecule has 0 saturated heterocycles. The van der Waals surface area contributed by atoms with Crippen LogP contribution in [-0.4, -0.2) is 11.6 Å². The summed E-state index contributed by atoms with van der Waals surface area (Å²) in [6.45, 7) is 0. The van der Waals surface area contributed by atoms with Gasteiger partial charge in [-0.2, -0.15) is 0 Å². The van der Waals surface area contributed by atoms with Crippen molar-refractivity contribution in [1.29, 1.82) is 0 Å². The zero-order valence-corrected chi connectivity index (χ0v) is 13.6. The van der Waals surface area contributed by atoms with Gasteiger partial charge in [0.15, 0.2) is 11.6 Å². The second-order valence-corrected chi connectivity index (χ2v) is 4.72. The average Bonchev–Trinajstić information content (AvgIpc) is 2.36. The number of hydrogen-bond donors (Lipinski definition) is 0. The third kappa shape index (κ3) is 3.30. The van der Waals surface area contributed by atoms with Crippen molar-refractivity contribution in [3.63, 3.8) is 0 Å². The molecule has 0 radical (unpaired) electrons. The molecule has 1 aliphatic carbocycles. The van der Waals surface area contributed by atoms with Gasteiger partial charge in [-0.05, 0) is 18.1 Å². The summed E-state index contributed by atoms with van der Waals surface area (Å²) >= 11 is 10.9. The molecular formula is C13H7Cl2NaO3. The van der Waals surface area contributed by atoms with E-state index in [4.69, 9.17) is 23.2 Å². The molecule has 0 N–H and O–H groups in total. The average molecular weight is 305 g/mol. The summed E-state index contributed by atoms with van der Waals surface area (Å²) in [5, 5.41) is 11.8. The molecule has 0 heterocycles. The van der Waals surface area contributed by atoms with Crippen LogP contribution in [0, 0.1) is 0 Å². The maximum atomic E-state index is 12.1. The number of fused-ring (bicyclic) bond motifs is 1. The van der Waals surface area contributed by atoms with E-state index in [1.54, 1.807) is 12.1 Å². The van der Waals surface area contributed by atoms with Crippen molar-refractivity contribution in [2.45, 2.75) is 6.42 Å². The predicted molar refractivity (Wildman–Crippen MR) is 66.5 cm³/mol. The first-order valence-corrected chi connectivity index (χ1v) is 5.87. The van der Waals surface area contributed by atoms with Crippen molar-refractivity contribution in [1.82, 2.24) is 0 Å². The number of halogens is 2. The molecule has 0 atom stereocenters. The van der Waals surface area contributed by atoms with Crippen LogP contribution in [-0.2, 0) is 0 Å². The summed E-state index contributed by atoms with van der Waals surface area (Å²) < 4.78 is -0.0468. The van der Waals surface area contributed by atoms with Crippen LogP contribution >= 0.6 is 23.2 Å². The maximum Gasteiger partial charge on any atom is 1.00 e. The van der Waals surface area contributed by atoms with E-state index in [0.717, 1.165) is 0 Å². The first-order valence-electron chi connectivity index (χ1n) is 5.12. The fraction of sp³-hybridized carbons (Fsp3) is 0.0769. The van der Waals surface area contributed by atoms with Gasteiger partial charge in [0.25, 0.3) is 0 Å². The molecule has 0 saturated carbocycles. The van der Waals surface area contributed by atoms with E-state index in [2.05, 4.69) is 0 Å². The van der Waals surface area contributed by atoms with Crippen LogP contribution in [0.4, 0.5) is 0 Å². The minimum Gasteiger partial charge on any atom is -0.870 e. The molecule has 0 fully saturated rings. The molecular weight excluding hydrogens is 298 g/mol. The zero-order chi connectivity index (χ0) is 13.3. The second kappa shape index (κ2) is 6.73. The van der Waals surface area contributed by atoms with Gasteiger partial charge in [0.1, 0.15) is 4.49 Å².